The van der Waals surface area contributed by atoms with E-state index in [1.165, 1.54) is 5.56 Å². The summed E-state index contributed by atoms with van der Waals surface area (Å²) in [5, 5.41) is 0. The number of nitrogens with one attached hydrogen (secondary N) is 1. The van der Waals surface area contributed by atoms with Crippen molar-refractivity contribution in [3.63, 3.8) is 0 Å². The van der Waals surface area contributed by atoms with Crippen LogP contribution in [0.25, 0.3) is 0 Å². The quantitative estimate of drug-likeness (QED) is 0.351. The first kappa shape index (κ1) is 13.5. The summed E-state index contributed by atoms with van der Waals surface area (Å²) in [6.45, 7) is 8.08. The minimum absolute atomic E-state index is 1.32. The van der Waals surface area contributed by atoms with Crippen molar-refractivity contribution in [3.05, 3.63) is 49.1 Å². The van der Waals surface area contributed by atoms with Gasteiger partial charge in [0, 0.05) is 0 Å². The summed E-state index contributed by atoms with van der Waals surface area (Å²) in [4.78, 5) is 0. The molecule has 0 saturated heterocycles. The second-order valence-electron chi connectivity index (χ2n) is 1.94. The normalized spacial score (nSPS) is 6.92. The Morgan fingerprint density at radius 3 is 1.67 bits per heavy atom. The second-order valence-corrected chi connectivity index (χ2v) is 1.94. The van der Waals surface area contributed by atoms with Crippen LogP contribution in [-0.2, 0) is 0 Å². The van der Waals surface area contributed by atoms with Gasteiger partial charge < -0.3 is 0 Å². The summed E-state index contributed by atoms with van der Waals surface area (Å²) in [5.41, 5.74) is 3.57. The smallest absolute Gasteiger partial charge is 0.00172 e. The molecule has 0 amide bonds. The van der Waals surface area contributed by atoms with Gasteiger partial charge in [-0.05, 0) is 14.0 Å². The molecule has 0 radical (unpaired) electrons. The molecule has 1 aromatic rings. The van der Waals surface area contributed by atoms with Crippen LogP contribution in [0.3, 0.4) is 0 Å². The molecule has 12 heavy (non-hydrogen) atoms. The van der Waals surface area contributed by atoms with Crippen LogP contribution in [0.2, 0.25) is 0 Å². The Labute approximate surface area is 75.1 Å². The van der Waals surface area contributed by atoms with Crippen molar-refractivity contribution in [2.45, 2.75) is 6.92 Å². The number of rotatable bonds is 0. The Hall–Kier alpha value is -1.12. The molecule has 0 atom stereocenters. The fourth-order valence-electron chi connectivity index (χ4n) is 0.534. The maximum atomic E-state index is 4.60. The van der Waals surface area contributed by atoms with Gasteiger partial charge in [0.05, 0.1) is 0 Å². The monoisotopic (exact) mass is 166 g/mol. The molecular weight excluding hydrogens is 148 g/mol. The standard InChI is InChI=1S/C7H8.C2H4.CH6N2/c1-7-5-3-2-4-6-7;1-2;1-3-2/h2-6H,1H3;1-2H2;3H,2H2,1H3. The van der Waals surface area contributed by atoms with Gasteiger partial charge in [0.25, 0.3) is 0 Å². The molecular formula is C10H18N2. The van der Waals surface area contributed by atoms with E-state index in [4.69, 9.17) is 0 Å². The van der Waals surface area contributed by atoms with Crippen LogP contribution >= 0.6 is 0 Å². The first-order valence-electron chi connectivity index (χ1n) is 3.70. The zero-order chi connectivity index (χ0) is 9.82. The van der Waals surface area contributed by atoms with Gasteiger partial charge in [0.2, 0.25) is 0 Å². The molecule has 2 heteroatoms. The first-order valence-corrected chi connectivity index (χ1v) is 3.70. The van der Waals surface area contributed by atoms with Crippen molar-refractivity contribution in [2.24, 2.45) is 5.84 Å². The second kappa shape index (κ2) is 12.5. The lowest BCUT2D eigenvalue weighted by atomic mass is 10.2. The fraction of sp³-hybridized carbons (Fsp3) is 0.200. The topological polar surface area (TPSA) is 38.0 Å². The van der Waals surface area contributed by atoms with Crippen molar-refractivity contribution < 1.29 is 0 Å². The van der Waals surface area contributed by atoms with Crippen LogP contribution in [0.4, 0.5) is 0 Å². The highest BCUT2D eigenvalue weighted by molar-refractivity contribution is 5.11. The Balaban J connectivity index is 0. The minimum atomic E-state index is 1.32. The molecule has 0 bridgehead atoms. The van der Waals surface area contributed by atoms with Crippen LogP contribution in [0, 0.1) is 6.92 Å². The predicted octanol–water partition coefficient (Wildman–Crippen LogP) is 1.88. The summed E-state index contributed by atoms with van der Waals surface area (Å²) < 4.78 is 0. The van der Waals surface area contributed by atoms with E-state index in [-0.39, 0.29) is 0 Å². The third kappa shape index (κ3) is 11.6. The molecule has 0 aliphatic rings. The molecule has 2 nitrogen and oxygen atoms in total. The van der Waals surface area contributed by atoms with E-state index in [0.29, 0.717) is 0 Å². The highest BCUT2D eigenvalue weighted by atomic mass is 15.2. The minimum Gasteiger partial charge on any atom is -0.272 e. The highest BCUT2D eigenvalue weighted by Gasteiger charge is 1.72. The molecule has 1 rings (SSSR count). The van der Waals surface area contributed by atoms with Gasteiger partial charge in [-0.1, -0.05) is 35.9 Å². The van der Waals surface area contributed by atoms with Crippen LogP contribution < -0.4 is 11.3 Å². The molecule has 0 unspecified atom stereocenters. The Morgan fingerprint density at radius 1 is 1.17 bits per heavy atom. The van der Waals surface area contributed by atoms with E-state index < -0.39 is 0 Å². The van der Waals surface area contributed by atoms with Crippen molar-refractivity contribution in [1.82, 2.24) is 5.43 Å². The SMILES string of the molecule is C=C.CNN.Cc1ccccc1. The van der Waals surface area contributed by atoms with Crippen LogP contribution in [0.1, 0.15) is 5.56 Å². The zero-order valence-electron chi connectivity index (χ0n) is 7.88. The Bertz CT molecular complexity index is 161. The summed E-state index contributed by atoms with van der Waals surface area (Å²) in [6.07, 6.45) is 0. The number of hydrogen-bond donors (Lipinski definition) is 2. The largest absolute Gasteiger partial charge is 0.272 e. The van der Waals surface area contributed by atoms with E-state index >= 15 is 0 Å². The number of hydrazine groups is 1. The van der Waals surface area contributed by atoms with Gasteiger partial charge in [0.15, 0.2) is 0 Å². The lowest BCUT2D eigenvalue weighted by Gasteiger charge is -1.82. The number of hydrogen-bond acceptors (Lipinski definition) is 2. The van der Waals surface area contributed by atoms with Crippen LogP contribution in [0.5, 0.6) is 0 Å². The first-order chi connectivity index (χ1) is 5.81. The molecule has 0 aliphatic heterocycles. The molecule has 0 fully saturated rings. The van der Waals surface area contributed by atoms with Crippen molar-refractivity contribution in [1.29, 1.82) is 0 Å². The van der Waals surface area contributed by atoms with E-state index in [1.54, 1.807) is 7.05 Å². The van der Waals surface area contributed by atoms with Gasteiger partial charge in [-0.3, -0.25) is 11.3 Å². The van der Waals surface area contributed by atoms with Gasteiger partial charge in [-0.2, -0.15) is 0 Å². The molecule has 0 aliphatic carbocycles. The lowest BCUT2D eigenvalue weighted by molar-refractivity contribution is 0.900. The predicted molar refractivity (Wildman–Crippen MR) is 55.7 cm³/mol. The van der Waals surface area contributed by atoms with Gasteiger partial charge in [-0.25, -0.2) is 0 Å². The Kier molecular flexibility index (Phi) is 14.1. The summed E-state index contributed by atoms with van der Waals surface area (Å²) in [5.74, 6) is 4.60. The maximum Gasteiger partial charge on any atom is -0.00172 e. The fourth-order valence-corrected chi connectivity index (χ4v) is 0.534. The molecule has 1 aromatic carbocycles. The van der Waals surface area contributed by atoms with E-state index in [0.717, 1.165) is 0 Å². The highest BCUT2D eigenvalue weighted by Crippen LogP contribution is 1.92. The van der Waals surface area contributed by atoms with Gasteiger partial charge in [-0.15, -0.1) is 13.2 Å². The third-order valence-electron chi connectivity index (χ3n) is 0.940. The third-order valence-corrected chi connectivity index (χ3v) is 0.940. The van der Waals surface area contributed by atoms with Crippen molar-refractivity contribution in [3.8, 4) is 0 Å². The molecule has 0 aromatic heterocycles. The molecule has 3 N–H and O–H groups in total. The van der Waals surface area contributed by atoms with E-state index in [2.05, 4.69) is 43.5 Å². The summed E-state index contributed by atoms with van der Waals surface area (Å²) in [7, 11) is 1.65. The molecule has 0 spiro atoms. The Morgan fingerprint density at radius 2 is 1.50 bits per heavy atom. The molecule has 0 heterocycles. The molecule has 68 valence electrons. The zero-order valence-corrected chi connectivity index (χ0v) is 7.88. The maximum absolute atomic E-state index is 4.60. The van der Waals surface area contributed by atoms with E-state index in [9.17, 15) is 0 Å². The summed E-state index contributed by atoms with van der Waals surface area (Å²) >= 11 is 0. The average molecular weight is 166 g/mol. The van der Waals surface area contributed by atoms with Crippen LogP contribution in [0.15, 0.2) is 43.5 Å². The number of aryl methyl sites for hydroxylation is 1. The van der Waals surface area contributed by atoms with Gasteiger partial charge >= 0.3 is 0 Å². The summed E-state index contributed by atoms with van der Waals surface area (Å²) in [6, 6.07) is 10.3. The van der Waals surface area contributed by atoms with E-state index in [1.807, 2.05) is 18.2 Å². The lowest BCUT2D eigenvalue weighted by Crippen LogP contribution is -2.13. The molecule has 0 saturated carbocycles. The van der Waals surface area contributed by atoms with Gasteiger partial charge in [0.1, 0.15) is 0 Å². The number of benzene rings is 1. The number of nitrogens with two attached hydrogens (primary N) is 1. The average Bonchev–Trinajstić information content (AvgIpc) is 2.11. The van der Waals surface area contributed by atoms with Crippen molar-refractivity contribution in [2.75, 3.05) is 7.05 Å². The van der Waals surface area contributed by atoms with Crippen LogP contribution in [-0.4, -0.2) is 7.05 Å². The van der Waals surface area contributed by atoms with Crippen molar-refractivity contribution >= 4 is 0 Å².